The van der Waals surface area contributed by atoms with Crippen LogP contribution in [0.5, 0.6) is 5.75 Å². The first-order valence-corrected chi connectivity index (χ1v) is 8.44. The maximum atomic E-state index is 12.7. The van der Waals surface area contributed by atoms with Crippen molar-refractivity contribution in [2.75, 3.05) is 12.0 Å². The Labute approximate surface area is 169 Å². The summed E-state index contributed by atoms with van der Waals surface area (Å²) in [5, 5.41) is 23.4. The molecular formula is C16H11F3IN3O5. The molecule has 0 aliphatic carbocycles. The van der Waals surface area contributed by atoms with Crippen LogP contribution in [0.3, 0.4) is 0 Å². The van der Waals surface area contributed by atoms with Crippen molar-refractivity contribution in [3.63, 3.8) is 0 Å². The molecule has 12 heteroatoms. The molecule has 0 radical (unpaired) electrons. The van der Waals surface area contributed by atoms with Crippen LogP contribution >= 0.6 is 22.6 Å². The number of ether oxygens (including phenoxy) is 1. The van der Waals surface area contributed by atoms with E-state index < -0.39 is 34.9 Å². The lowest BCUT2D eigenvalue weighted by Crippen LogP contribution is -2.10. The molecule has 2 aromatic carbocycles. The van der Waals surface area contributed by atoms with Gasteiger partial charge in [-0.2, -0.15) is 18.3 Å². The molecule has 0 aliphatic heterocycles. The fourth-order valence-corrected chi connectivity index (χ4v) is 2.68. The largest absolute Gasteiger partial charge is 0.481 e. The van der Waals surface area contributed by atoms with Crippen molar-refractivity contribution in [3.8, 4) is 5.75 Å². The molecule has 0 heterocycles. The maximum Gasteiger partial charge on any atom is 0.416 e. The van der Waals surface area contributed by atoms with Gasteiger partial charge in [-0.25, -0.2) is 4.79 Å². The molecule has 28 heavy (non-hydrogen) atoms. The molecular weight excluding hydrogens is 498 g/mol. The maximum absolute atomic E-state index is 12.7. The number of benzene rings is 2. The van der Waals surface area contributed by atoms with Gasteiger partial charge in [-0.3, -0.25) is 15.5 Å². The van der Waals surface area contributed by atoms with Gasteiger partial charge in [-0.15, -0.1) is 0 Å². The van der Waals surface area contributed by atoms with E-state index in [1.807, 2.05) is 22.6 Å². The monoisotopic (exact) mass is 509 g/mol. The highest BCUT2D eigenvalue weighted by atomic mass is 127. The summed E-state index contributed by atoms with van der Waals surface area (Å²) < 4.78 is 43.7. The first kappa shape index (κ1) is 21.4. The van der Waals surface area contributed by atoms with Crippen molar-refractivity contribution in [1.82, 2.24) is 0 Å². The smallest absolute Gasteiger partial charge is 0.416 e. The third kappa shape index (κ3) is 5.80. The van der Waals surface area contributed by atoms with E-state index in [1.54, 1.807) is 12.1 Å². The first-order valence-electron chi connectivity index (χ1n) is 7.37. The van der Waals surface area contributed by atoms with Crippen molar-refractivity contribution in [3.05, 3.63) is 61.2 Å². The Morgan fingerprint density at radius 3 is 2.61 bits per heavy atom. The number of carboxylic acids is 1. The van der Waals surface area contributed by atoms with Crippen LogP contribution in [0.1, 0.15) is 11.1 Å². The van der Waals surface area contributed by atoms with Crippen molar-refractivity contribution >= 4 is 46.1 Å². The molecule has 2 N–H and O–H groups in total. The molecule has 0 aliphatic rings. The molecule has 0 aromatic heterocycles. The highest BCUT2D eigenvalue weighted by molar-refractivity contribution is 14.1. The lowest BCUT2D eigenvalue weighted by molar-refractivity contribution is -0.384. The number of nitrogens with one attached hydrogen (secondary N) is 1. The van der Waals surface area contributed by atoms with Gasteiger partial charge in [0, 0.05) is 6.07 Å². The van der Waals surface area contributed by atoms with Gasteiger partial charge in [0.1, 0.15) is 11.4 Å². The zero-order valence-corrected chi connectivity index (χ0v) is 15.9. The molecule has 0 saturated heterocycles. The van der Waals surface area contributed by atoms with Crippen molar-refractivity contribution in [2.24, 2.45) is 5.10 Å². The molecule has 0 bridgehead atoms. The van der Waals surface area contributed by atoms with Crippen LogP contribution in [0.4, 0.5) is 24.5 Å². The second-order valence-electron chi connectivity index (χ2n) is 5.23. The normalized spacial score (nSPS) is 11.4. The number of nitro benzene ring substituents is 1. The molecule has 0 saturated carbocycles. The third-order valence-corrected chi connectivity index (χ3v) is 4.07. The average molecular weight is 509 g/mol. The van der Waals surface area contributed by atoms with E-state index in [9.17, 15) is 28.1 Å². The van der Waals surface area contributed by atoms with E-state index in [0.29, 0.717) is 27.0 Å². The quantitative estimate of drug-likeness (QED) is 0.251. The number of rotatable bonds is 7. The van der Waals surface area contributed by atoms with Crippen LogP contribution in [0.15, 0.2) is 41.5 Å². The molecule has 148 valence electrons. The van der Waals surface area contributed by atoms with Crippen LogP contribution in [0.25, 0.3) is 0 Å². The van der Waals surface area contributed by atoms with E-state index >= 15 is 0 Å². The molecule has 2 aromatic rings. The topological polar surface area (TPSA) is 114 Å². The standard InChI is InChI=1S/C16H11F3IN3O5/c17-16(18,19)10-2-3-12(13(6-10)23(26)27)22-21-7-9-1-4-14(11(20)5-9)28-8-15(24)25/h1-7,22H,8H2,(H,24,25)/b21-7-. The van der Waals surface area contributed by atoms with E-state index in [0.717, 1.165) is 6.07 Å². The van der Waals surface area contributed by atoms with E-state index in [-0.39, 0.29) is 5.69 Å². The Morgan fingerprint density at radius 1 is 1.32 bits per heavy atom. The van der Waals surface area contributed by atoms with E-state index in [4.69, 9.17) is 9.84 Å². The fourth-order valence-electron chi connectivity index (χ4n) is 1.98. The number of carbonyl (C=O) groups is 1. The summed E-state index contributed by atoms with van der Waals surface area (Å²) in [6.45, 7) is -0.497. The molecule has 0 fully saturated rings. The summed E-state index contributed by atoms with van der Waals surface area (Å²) in [7, 11) is 0. The van der Waals surface area contributed by atoms with Crippen LogP contribution in [0.2, 0.25) is 0 Å². The van der Waals surface area contributed by atoms with Crippen LogP contribution in [0, 0.1) is 13.7 Å². The minimum absolute atomic E-state index is 0.203. The molecule has 0 spiro atoms. The number of halogens is 4. The van der Waals surface area contributed by atoms with Crippen LogP contribution < -0.4 is 10.2 Å². The Balaban J connectivity index is 2.15. The number of nitro groups is 1. The highest BCUT2D eigenvalue weighted by Gasteiger charge is 2.33. The second kappa shape index (κ2) is 8.86. The number of nitrogens with zero attached hydrogens (tertiary/aromatic N) is 2. The van der Waals surface area contributed by atoms with Gasteiger partial charge in [0.05, 0.1) is 20.3 Å². The molecule has 0 amide bonds. The minimum atomic E-state index is -4.70. The zero-order chi connectivity index (χ0) is 20.9. The van der Waals surface area contributed by atoms with Crippen LogP contribution in [-0.2, 0) is 11.0 Å². The highest BCUT2D eigenvalue weighted by Crippen LogP contribution is 2.35. The van der Waals surface area contributed by atoms with Gasteiger partial charge in [-0.05, 0) is 58.5 Å². The summed E-state index contributed by atoms with van der Waals surface area (Å²) >= 11 is 1.93. The van der Waals surface area contributed by atoms with Crippen LogP contribution in [-0.4, -0.2) is 28.8 Å². The number of anilines is 1. The number of aliphatic carboxylic acids is 1. The van der Waals surface area contributed by atoms with Gasteiger partial charge < -0.3 is 9.84 Å². The number of hydrazone groups is 1. The van der Waals surface area contributed by atoms with Gasteiger partial charge in [-0.1, -0.05) is 0 Å². The Morgan fingerprint density at radius 2 is 2.04 bits per heavy atom. The summed E-state index contributed by atoms with van der Waals surface area (Å²) in [4.78, 5) is 20.6. The number of hydrogen-bond donors (Lipinski definition) is 2. The molecule has 8 nitrogen and oxygen atoms in total. The summed E-state index contributed by atoms with van der Waals surface area (Å²) in [5.41, 5.74) is 0.788. The Bertz CT molecular complexity index is 934. The lowest BCUT2D eigenvalue weighted by atomic mass is 10.1. The predicted octanol–water partition coefficient (Wildman–Crippen LogP) is 4.13. The van der Waals surface area contributed by atoms with Crippen molar-refractivity contribution in [1.29, 1.82) is 0 Å². The predicted molar refractivity (Wildman–Crippen MR) is 102 cm³/mol. The Hall–Kier alpha value is -2.90. The number of alkyl halides is 3. The summed E-state index contributed by atoms with van der Waals surface area (Å²) in [6, 6.07) is 6.76. The minimum Gasteiger partial charge on any atom is -0.481 e. The first-order chi connectivity index (χ1) is 13.1. The summed E-state index contributed by atoms with van der Waals surface area (Å²) in [5.74, 6) is -0.768. The number of hydrogen-bond acceptors (Lipinski definition) is 6. The van der Waals surface area contributed by atoms with Crippen molar-refractivity contribution in [2.45, 2.75) is 6.18 Å². The van der Waals surface area contributed by atoms with Gasteiger partial charge >= 0.3 is 12.1 Å². The third-order valence-electron chi connectivity index (χ3n) is 3.23. The SMILES string of the molecule is O=C(O)COc1ccc(/C=N\Nc2ccc(C(F)(F)F)cc2[N+](=O)[O-])cc1I. The second-order valence-corrected chi connectivity index (χ2v) is 6.39. The Kier molecular flexibility index (Phi) is 6.77. The van der Waals surface area contributed by atoms with E-state index in [2.05, 4.69) is 10.5 Å². The van der Waals surface area contributed by atoms with E-state index in [1.165, 1.54) is 12.3 Å². The lowest BCUT2D eigenvalue weighted by Gasteiger charge is -2.08. The van der Waals surface area contributed by atoms with Crippen molar-refractivity contribution < 1.29 is 32.7 Å². The van der Waals surface area contributed by atoms with Gasteiger partial charge in [0.15, 0.2) is 6.61 Å². The zero-order valence-electron chi connectivity index (χ0n) is 13.7. The molecule has 2 rings (SSSR count). The fraction of sp³-hybridized carbons (Fsp3) is 0.125. The van der Waals surface area contributed by atoms with Gasteiger partial charge in [0.2, 0.25) is 0 Å². The van der Waals surface area contributed by atoms with Gasteiger partial charge in [0.25, 0.3) is 5.69 Å². The molecule has 0 unspecified atom stereocenters. The number of carboxylic acid groups (broad SMARTS) is 1. The summed E-state index contributed by atoms with van der Waals surface area (Å²) in [6.07, 6.45) is -3.40. The average Bonchev–Trinajstić information content (AvgIpc) is 2.60. The molecule has 0 atom stereocenters.